The average Bonchev–Trinajstić information content (AvgIpc) is 2.22. The fourth-order valence-electron chi connectivity index (χ4n) is 0.957. The second-order valence-corrected chi connectivity index (χ2v) is 2.77. The summed E-state index contributed by atoms with van der Waals surface area (Å²) in [5, 5.41) is 0. The molecule has 86 valence electrons. The van der Waals surface area contributed by atoms with Crippen molar-refractivity contribution in [1.29, 1.82) is 0 Å². The van der Waals surface area contributed by atoms with Crippen molar-refractivity contribution in [3.63, 3.8) is 0 Å². The SMILES string of the molecule is C1COCOC1.CCOC(C)OCC. The van der Waals surface area contributed by atoms with Crippen LogP contribution in [-0.2, 0) is 18.9 Å². The summed E-state index contributed by atoms with van der Waals surface area (Å²) in [5.74, 6) is 0. The minimum atomic E-state index is -0.0370. The molecule has 1 aliphatic heterocycles. The molecule has 1 aliphatic rings. The lowest BCUT2D eigenvalue weighted by Crippen LogP contribution is -2.11. The van der Waals surface area contributed by atoms with Gasteiger partial charge >= 0.3 is 0 Å². The van der Waals surface area contributed by atoms with Crippen LogP contribution in [0.15, 0.2) is 0 Å². The maximum atomic E-state index is 5.06. The van der Waals surface area contributed by atoms with E-state index in [-0.39, 0.29) is 6.29 Å². The predicted molar refractivity (Wildman–Crippen MR) is 54.1 cm³/mol. The second kappa shape index (κ2) is 10.9. The Labute approximate surface area is 86.5 Å². The third kappa shape index (κ3) is 9.92. The summed E-state index contributed by atoms with van der Waals surface area (Å²) in [6.07, 6.45) is 1.02. The fourth-order valence-corrected chi connectivity index (χ4v) is 0.957. The Morgan fingerprint density at radius 1 is 1.07 bits per heavy atom. The standard InChI is InChI=1S/C6H14O2.C4H8O2/c1-4-7-6(3)8-5-2;1-2-5-4-6-3-1/h6H,4-5H2,1-3H3;1-4H2. The van der Waals surface area contributed by atoms with Crippen LogP contribution in [0.25, 0.3) is 0 Å². The zero-order valence-corrected chi connectivity index (χ0v) is 9.45. The van der Waals surface area contributed by atoms with Gasteiger partial charge in [-0.3, -0.25) is 0 Å². The van der Waals surface area contributed by atoms with Gasteiger partial charge in [0.05, 0.1) is 13.2 Å². The lowest BCUT2D eigenvalue weighted by atomic mass is 10.5. The van der Waals surface area contributed by atoms with Gasteiger partial charge in [-0.15, -0.1) is 0 Å². The first-order valence-corrected chi connectivity index (χ1v) is 5.20. The zero-order valence-electron chi connectivity index (χ0n) is 9.45. The largest absolute Gasteiger partial charge is 0.355 e. The molecule has 0 saturated carbocycles. The quantitative estimate of drug-likeness (QED) is 0.657. The van der Waals surface area contributed by atoms with Crippen LogP contribution in [-0.4, -0.2) is 39.5 Å². The van der Waals surface area contributed by atoms with Crippen LogP contribution < -0.4 is 0 Å². The Hall–Kier alpha value is -0.160. The summed E-state index contributed by atoms with van der Waals surface area (Å²) in [4.78, 5) is 0. The highest BCUT2D eigenvalue weighted by Gasteiger charge is 1.95. The molecule has 1 rings (SSSR count). The van der Waals surface area contributed by atoms with Crippen LogP contribution in [0.4, 0.5) is 0 Å². The fraction of sp³-hybridized carbons (Fsp3) is 1.00. The minimum absolute atomic E-state index is 0.0370. The highest BCUT2D eigenvalue weighted by atomic mass is 16.7. The monoisotopic (exact) mass is 206 g/mol. The topological polar surface area (TPSA) is 36.9 Å². The lowest BCUT2D eigenvalue weighted by Gasteiger charge is -2.09. The van der Waals surface area contributed by atoms with Crippen LogP contribution in [0.3, 0.4) is 0 Å². The predicted octanol–water partition coefficient (Wildman–Crippen LogP) is 1.79. The van der Waals surface area contributed by atoms with Gasteiger partial charge in [0.25, 0.3) is 0 Å². The number of hydrogen-bond acceptors (Lipinski definition) is 4. The molecule has 0 unspecified atom stereocenters. The molecule has 0 aromatic rings. The second-order valence-electron chi connectivity index (χ2n) is 2.77. The van der Waals surface area contributed by atoms with Gasteiger partial charge in [-0.25, -0.2) is 0 Å². The first-order valence-electron chi connectivity index (χ1n) is 5.20. The molecule has 14 heavy (non-hydrogen) atoms. The van der Waals surface area contributed by atoms with Crippen molar-refractivity contribution in [2.45, 2.75) is 33.5 Å². The van der Waals surface area contributed by atoms with E-state index in [1.165, 1.54) is 0 Å². The molecule has 0 atom stereocenters. The van der Waals surface area contributed by atoms with E-state index in [2.05, 4.69) is 0 Å². The first-order chi connectivity index (χ1) is 6.81. The van der Waals surface area contributed by atoms with Crippen LogP contribution in [0.2, 0.25) is 0 Å². The molecule has 1 fully saturated rings. The molecule has 1 heterocycles. The van der Waals surface area contributed by atoms with E-state index in [9.17, 15) is 0 Å². The van der Waals surface area contributed by atoms with Gasteiger partial charge in [0, 0.05) is 13.2 Å². The van der Waals surface area contributed by atoms with Crippen molar-refractivity contribution in [1.82, 2.24) is 0 Å². The van der Waals surface area contributed by atoms with Gasteiger partial charge in [-0.2, -0.15) is 0 Å². The highest BCUT2D eigenvalue weighted by Crippen LogP contribution is 1.91. The third-order valence-corrected chi connectivity index (χ3v) is 1.55. The van der Waals surface area contributed by atoms with E-state index in [1.54, 1.807) is 0 Å². The van der Waals surface area contributed by atoms with E-state index >= 15 is 0 Å². The smallest absolute Gasteiger partial charge is 0.154 e. The first kappa shape index (κ1) is 13.8. The normalized spacial score (nSPS) is 16.3. The molecule has 0 aromatic carbocycles. The summed E-state index contributed by atoms with van der Waals surface area (Å²) in [7, 11) is 0. The summed E-state index contributed by atoms with van der Waals surface area (Å²) in [6.45, 7) is 9.50. The van der Waals surface area contributed by atoms with E-state index in [1.807, 2.05) is 20.8 Å². The molecule has 4 nitrogen and oxygen atoms in total. The van der Waals surface area contributed by atoms with Crippen molar-refractivity contribution in [2.24, 2.45) is 0 Å². The Bertz CT molecular complexity index is 86.8. The van der Waals surface area contributed by atoms with Crippen LogP contribution in [0.1, 0.15) is 27.2 Å². The van der Waals surface area contributed by atoms with Crippen molar-refractivity contribution in [3.8, 4) is 0 Å². The van der Waals surface area contributed by atoms with Crippen molar-refractivity contribution in [2.75, 3.05) is 33.2 Å². The summed E-state index contributed by atoms with van der Waals surface area (Å²) in [6, 6.07) is 0. The van der Waals surface area contributed by atoms with E-state index in [0.29, 0.717) is 6.79 Å². The van der Waals surface area contributed by atoms with Gasteiger partial charge in [-0.05, 0) is 27.2 Å². The number of ether oxygens (including phenoxy) is 4. The van der Waals surface area contributed by atoms with Crippen LogP contribution in [0.5, 0.6) is 0 Å². The number of rotatable bonds is 4. The molecule has 4 heteroatoms. The third-order valence-electron chi connectivity index (χ3n) is 1.55. The van der Waals surface area contributed by atoms with Crippen molar-refractivity contribution in [3.05, 3.63) is 0 Å². The molecule has 0 aliphatic carbocycles. The van der Waals surface area contributed by atoms with Gasteiger partial charge in [0.2, 0.25) is 0 Å². The van der Waals surface area contributed by atoms with Gasteiger partial charge in [0.1, 0.15) is 6.79 Å². The van der Waals surface area contributed by atoms with Gasteiger partial charge in [0.15, 0.2) is 6.29 Å². The molecule has 0 radical (unpaired) electrons. The Balaban J connectivity index is 0.000000249. The molecule has 1 saturated heterocycles. The van der Waals surface area contributed by atoms with E-state index < -0.39 is 0 Å². The van der Waals surface area contributed by atoms with Crippen molar-refractivity contribution < 1.29 is 18.9 Å². The summed E-state index contributed by atoms with van der Waals surface area (Å²) >= 11 is 0. The Morgan fingerprint density at radius 3 is 1.79 bits per heavy atom. The molecular formula is C10H22O4. The maximum Gasteiger partial charge on any atom is 0.154 e. The minimum Gasteiger partial charge on any atom is -0.355 e. The summed E-state index contributed by atoms with van der Waals surface area (Å²) in [5.41, 5.74) is 0. The van der Waals surface area contributed by atoms with Crippen LogP contribution >= 0.6 is 0 Å². The lowest BCUT2D eigenvalue weighted by molar-refractivity contribution is -0.123. The molecule has 0 N–H and O–H groups in total. The van der Waals surface area contributed by atoms with E-state index in [0.717, 1.165) is 32.8 Å². The van der Waals surface area contributed by atoms with Crippen LogP contribution in [0, 0.1) is 0 Å². The molecule has 0 amide bonds. The Kier molecular flexibility index (Phi) is 10.8. The number of hydrogen-bond donors (Lipinski definition) is 0. The summed E-state index contributed by atoms with van der Waals surface area (Å²) < 4.78 is 19.8. The zero-order chi connectivity index (χ0) is 10.6. The van der Waals surface area contributed by atoms with E-state index in [4.69, 9.17) is 18.9 Å². The molecule has 0 spiro atoms. The Morgan fingerprint density at radius 2 is 1.57 bits per heavy atom. The van der Waals surface area contributed by atoms with Gasteiger partial charge < -0.3 is 18.9 Å². The van der Waals surface area contributed by atoms with Gasteiger partial charge in [-0.1, -0.05) is 0 Å². The molecule has 0 aromatic heterocycles. The maximum absolute atomic E-state index is 5.06. The van der Waals surface area contributed by atoms with Crippen molar-refractivity contribution >= 4 is 0 Å². The molecule has 0 bridgehead atoms. The average molecular weight is 206 g/mol. The highest BCUT2D eigenvalue weighted by molar-refractivity contribution is 4.34. The molecular weight excluding hydrogens is 184 g/mol.